The van der Waals surface area contributed by atoms with Crippen LogP contribution in [0.1, 0.15) is 37.7 Å². The normalized spacial score (nSPS) is 17.9. The van der Waals surface area contributed by atoms with Crippen LogP contribution in [0.5, 0.6) is 0 Å². The number of benzene rings is 1. The van der Waals surface area contributed by atoms with Gasteiger partial charge in [-0.1, -0.05) is 19.8 Å². The Hall–Kier alpha value is -1.58. The van der Waals surface area contributed by atoms with Gasteiger partial charge >= 0.3 is 0 Å². The molecule has 1 aliphatic heterocycles. The Labute approximate surface area is 94.8 Å². The number of unbranched alkanes of at least 4 members (excludes halogenated alkanes) is 1. The molecule has 0 aliphatic carbocycles. The van der Waals surface area contributed by atoms with Crippen molar-refractivity contribution in [1.29, 1.82) is 0 Å². The Morgan fingerprint density at radius 2 is 2.38 bits per heavy atom. The highest BCUT2D eigenvalue weighted by molar-refractivity contribution is 5.61. The van der Waals surface area contributed by atoms with Crippen molar-refractivity contribution >= 4 is 11.4 Å². The minimum atomic E-state index is -0.324. The van der Waals surface area contributed by atoms with Crippen LogP contribution in [-0.4, -0.2) is 11.5 Å². The van der Waals surface area contributed by atoms with Gasteiger partial charge in [0.15, 0.2) is 0 Å². The summed E-state index contributed by atoms with van der Waals surface area (Å²) < 4.78 is 0. The average molecular weight is 220 g/mol. The van der Waals surface area contributed by atoms with Crippen molar-refractivity contribution in [3.63, 3.8) is 0 Å². The Kier molecular flexibility index (Phi) is 3.08. The van der Waals surface area contributed by atoms with E-state index in [9.17, 15) is 10.1 Å². The molecule has 0 saturated heterocycles. The highest BCUT2D eigenvalue weighted by Crippen LogP contribution is 2.36. The van der Waals surface area contributed by atoms with E-state index in [0.717, 1.165) is 24.2 Å². The molecule has 0 radical (unpaired) electrons. The lowest BCUT2D eigenvalue weighted by Crippen LogP contribution is -2.01. The first kappa shape index (κ1) is 10.9. The van der Waals surface area contributed by atoms with E-state index in [2.05, 4.69) is 12.2 Å². The predicted octanol–water partition coefficient (Wildman–Crippen LogP) is 3.29. The minimum Gasteiger partial charge on any atom is -0.384 e. The van der Waals surface area contributed by atoms with Crippen LogP contribution in [-0.2, 0) is 0 Å². The van der Waals surface area contributed by atoms with Gasteiger partial charge in [0.05, 0.1) is 4.92 Å². The molecule has 2 rings (SSSR count). The third-order valence-corrected chi connectivity index (χ3v) is 3.13. The highest BCUT2D eigenvalue weighted by atomic mass is 16.6. The molecule has 1 aromatic rings. The number of nitrogens with one attached hydrogen (secondary N) is 1. The van der Waals surface area contributed by atoms with Crippen LogP contribution in [0.15, 0.2) is 18.2 Å². The fourth-order valence-electron chi connectivity index (χ4n) is 2.21. The summed E-state index contributed by atoms with van der Waals surface area (Å²) in [5, 5.41) is 14.0. The quantitative estimate of drug-likeness (QED) is 0.625. The monoisotopic (exact) mass is 220 g/mol. The zero-order valence-electron chi connectivity index (χ0n) is 9.40. The molecule has 1 N–H and O–H groups in total. The Balaban J connectivity index is 2.22. The minimum absolute atomic E-state index is 0.198. The van der Waals surface area contributed by atoms with Gasteiger partial charge in [0.2, 0.25) is 0 Å². The number of rotatable bonds is 4. The lowest BCUT2D eigenvalue weighted by atomic mass is 9.95. The molecule has 4 heteroatoms. The van der Waals surface area contributed by atoms with Gasteiger partial charge in [0.25, 0.3) is 5.69 Å². The second-order valence-corrected chi connectivity index (χ2v) is 4.25. The van der Waals surface area contributed by atoms with Crippen molar-refractivity contribution in [2.24, 2.45) is 0 Å². The first-order valence-electron chi connectivity index (χ1n) is 5.74. The molecule has 1 atom stereocenters. The zero-order chi connectivity index (χ0) is 11.5. The molecule has 1 heterocycles. The summed E-state index contributed by atoms with van der Waals surface area (Å²) in [7, 11) is 0. The van der Waals surface area contributed by atoms with E-state index >= 15 is 0 Å². The first-order valence-corrected chi connectivity index (χ1v) is 5.74. The molecule has 86 valence electrons. The molecule has 16 heavy (non-hydrogen) atoms. The number of hydrogen-bond acceptors (Lipinski definition) is 3. The van der Waals surface area contributed by atoms with E-state index < -0.39 is 0 Å². The van der Waals surface area contributed by atoms with Gasteiger partial charge in [0.1, 0.15) is 0 Å². The lowest BCUT2D eigenvalue weighted by Gasteiger charge is -2.08. The predicted molar refractivity (Wildman–Crippen MR) is 63.9 cm³/mol. The van der Waals surface area contributed by atoms with Crippen molar-refractivity contribution in [3.05, 3.63) is 33.9 Å². The number of nitrogens with zero attached hydrogens (tertiary/aromatic N) is 1. The molecule has 0 amide bonds. The van der Waals surface area contributed by atoms with Gasteiger partial charge in [-0.25, -0.2) is 0 Å². The molecule has 0 aromatic heterocycles. The number of anilines is 1. The van der Waals surface area contributed by atoms with Gasteiger partial charge < -0.3 is 5.32 Å². The fraction of sp³-hybridized carbons (Fsp3) is 0.500. The van der Waals surface area contributed by atoms with E-state index in [1.807, 2.05) is 6.07 Å². The second kappa shape index (κ2) is 4.51. The van der Waals surface area contributed by atoms with Crippen LogP contribution in [0.2, 0.25) is 0 Å². The van der Waals surface area contributed by atoms with Gasteiger partial charge in [-0.15, -0.1) is 0 Å². The van der Waals surface area contributed by atoms with Crippen molar-refractivity contribution in [2.75, 3.05) is 11.9 Å². The number of hydrogen-bond donors (Lipinski definition) is 1. The maximum absolute atomic E-state index is 10.7. The van der Waals surface area contributed by atoms with Crippen molar-refractivity contribution in [3.8, 4) is 0 Å². The van der Waals surface area contributed by atoms with Gasteiger partial charge in [-0.3, -0.25) is 10.1 Å². The largest absolute Gasteiger partial charge is 0.384 e. The molecular weight excluding hydrogens is 204 g/mol. The van der Waals surface area contributed by atoms with Crippen LogP contribution in [0, 0.1) is 10.1 Å². The molecule has 0 bridgehead atoms. The Morgan fingerprint density at radius 1 is 1.56 bits per heavy atom. The SMILES string of the molecule is CCCCC1CNc2ccc([N+](=O)[O-])cc21. The summed E-state index contributed by atoms with van der Waals surface area (Å²) in [6, 6.07) is 5.10. The van der Waals surface area contributed by atoms with Crippen molar-refractivity contribution < 1.29 is 4.92 Å². The molecule has 0 saturated carbocycles. The van der Waals surface area contributed by atoms with E-state index in [4.69, 9.17) is 0 Å². The summed E-state index contributed by atoms with van der Waals surface area (Å²) in [5.41, 5.74) is 2.37. The van der Waals surface area contributed by atoms with Gasteiger partial charge in [-0.2, -0.15) is 0 Å². The van der Waals surface area contributed by atoms with E-state index in [1.165, 1.54) is 12.8 Å². The molecule has 1 aromatic carbocycles. The van der Waals surface area contributed by atoms with Crippen molar-refractivity contribution in [1.82, 2.24) is 0 Å². The number of nitro groups is 1. The van der Waals surface area contributed by atoms with E-state index in [1.54, 1.807) is 12.1 Å². The maximum Gasteiger partial charge on any atom is 0.269 e. The number of nitro benzene ring substituents is 1. The van der Waals surface area contributed by atoms with Crippen LogP contribution < -0.4 is 5.32 Å². The highest BCUT2D eigenvalue weighted by Gasteiger charge is 2.23. The molecule has 4 nitrogen and oxygen atoms in total. The van der Waals surface area contributed by atoms with Crippen LogP contribution in [0.4, 0.5) is 11.4 Å². The zero-order valence-corrected chi connectivity index (χ0v) is 9.40. The molecule has 1 aliphatic rings. The number of non-ortho nitro benzene ring substituents is 1. The third kappa shape index (κ3) is 2.01. The van der Waals surface area contributed by atoms with Gasteiger partial charge in [-0.05, 0) is 18.1 Å². The van der Waals surface area contributed by atoms with Crippen LogP contribution >= 0.6 is 0 Å². The molecule has 0 fully saturated rings. The summed E-state index contributed by atoms with van der Waals surface area (Å²) in [4.78, 5) is 10.4. The Bertz CT molecular complexity index is 404. The van der Waals surface area contributed by atoms with E-state index in [0.29, 0.717) is 5.92 Å². The lowest BCUT2D eigenvalue weighted by molar-refractivity contribution is -0.384. The molecular formula is C12H16N2O2. The fourth-order valence-corrected chi connectivity index (χ4v) is 2.21. The number of fused-ring (bicyclic) bond motifs is 1. The summed E-state index contributed by atoms with van der Waals surface area (Å²) >= 11 is 0. The smallest absolute Gasteiger partial charge is 0.269 e. The van der Waals surface area contributed by atoms with Crippen LogP contribution in [0.25, 0.3) is 0 Å². The van der Waals surface area contributed by atoms with Crippen molar-refractivity contribution in [2.45, 2.75) is 32.1 Å². The molecule has 0 spiro atoms. The average Bonchev–Trinajstić information content (AvgIpc) is 2.68. The topological polar surface area (TPSA) is 55.2 Å². The molecule has 1 unspecified atom stereocenters. The maximum atomic E-state index is 10.7. The summed E-state index contributed by atoms with van der Waals surface area (Å²) in [6.07, 6.45) is 3.45. The standard InChI is InChI=1S/C12H16N2O2/c1-2-3-4-9-8-13-12-6-5-10(14(15)16)7-11(9)12/h5-7,9,13H,2-4,8H2,1H3. The van der Waals surface area contributed by atoms with Crippen LogP contribution in [0.3, 0.4) is 0 Å². The third-order valence-electron chi connectivity index (χ3n) is 3.13. The Morgan fingerprint density at radius 3 is 3.06 bits per heavy atom. The second-order valence-electron chi connectivity index (χ2n) is 4.25. The first-order chi connectivity index (χ1) is 7.72. The van der Waals surface area contributed by atoms with Gasteiger partial charge in [0, 0.05) is 30.3 Å². The van der Waals surface area contributed by atoms with E-state index in [-0.39, 0.29) is 10.6 Å². The summed E-state index contributed by atoms with van der Waals surface area (Å²) in [5.74, 6) is 0.440. The summed E-state index contributed by atoms with van der Waals surface area (Å²) in [6.45, 7) is 3.08.